The van der Waals surface area contributed by atoms with Gasteiger partial charge in [0.05, 0.1) is 16.3 Å². The lowest BCUT2D eigenvalue weighted by atomic mass is 9.94. The molecule has 0 radical (unpaired) electrons. The van der Waals surface area contributed by atoms with E-state index in [0.29, 0.717) is 24.3 Å². The van der Waals surface area contributed by atoms with Gasteiger partial charge in [-0.2, -0.15) is 8.78 Å². The lowest BCUT2D eigenvalue weighted by Gasteiger charge is -2.15. The van der Waals surface area contributed by atoms with Gasteiger partial charge in [0.2, 0.25) is 28.5 Å². The van der Waals surface area contributed by atoms with Crippen molar-refractivity contribution in [1.82, 2.24) is 0 Å². The molecule has 0 saturated heterocycles. The van der Waals surface area contributed by atoms with Crippen LogP contribution in [0.5, 0.6) is 0 Å². The molecule has 0 aliphatic carbocycles. The van der Waals surface area contributed by atoms with Gasteiger partial charge in [0.25, 0.3) is 5.69 Å². The Labute approximate surface area is 194 Å². The molecule has 0 saturated carbocycles. The van der Waals surface area contributed by atoms with Crippen LogP contribution < -0.4 is 4.57 Å². The van der Waals surface area contributed by atoms with Crippen LogP contribution in [0, 0.1) is 58.2 Å². The summed E-state index contributed by atoms with van der Waals surface area (Å²) in [5.74, 6) is -18.0. The maximum Gasteiger partial charge on any atom is 0.283 e. The van der Waals surface area contributed by atoms with Crippen molar-refractivity contribution in [2.45, 2.75) is 0 Å². The zero-order valence-corrected chi connectivity index (χ0v) is 17.3. The number of benzene rings is 4. The molecule has 0 N–H and O–H groups in total. The van der Waals surface area contributed by atoms with Crippen LogP contribution in [0.4, 0.5) is 43.9 Å². The monoisotopic (exact) mass is 512 g/mol. The van der Waals surface area contributed by atoms with Crippen molar-refractivity contribution < 1.29 is 48.5 Å². The maximum atomic E-state index is 14.9. The molecule has 0 aliphatic heterocycles. The lowest BCUT2D eigenvalue weighted by Crippen LogP contribution is -2.36. The summed E-state index contributed by atoms with van der Waals surface area (Å²) in [5, 5.41) is -1.17. The molecular formula is C25H8F10N+. The van der Waals surface area contributed by atoms with Crippen molar-refractivity contribution in [3.8, 4) is 16.8 Å². The van der Waals surface area contributed by atoms with Crippen LogP contribution in [-0.2, 0) is 0 Å². The maximum absolute atomic E-state index is 14.9. The number of halogens is 10. The van der Waals surface area contributed by atoms with Crippen molar-refractivity contribution >= 4 is 21.8 Å². The molecule has 0 spiro atoms. The summed E-state index contributed by atoms with van der Waals surface area (Å²) < 4.78 is 144. The van der Waals surface area contributed by atoms with Crippen LogP contribution in [0.3, 0.4) is 0 Å². The first-order valence-corrected chi connectivity index (χ1v) is 9.94. The average molecular weight is 512 g/mol. The van der Waals surface area contributed by atoms with Gasteiger partial charge in [0.15, 0.2) is 23.3 Å². The van der Waals surface area contributed by atoms with E-state index < -0.39 is 85.8 Å². The third-order valence-electron chi connectivity index (χ3n) is 5.60. The molecule has 182 valence electrons. The fourth-order valence-electron chi connectivity index (χ4n) is 4.16. The van der Waals surface area contributed by atoms with Gasteiger partial charge in [-0.1, -0.05) is 0 Å². The summed E-state index contributed by atoms with van der Waals surface area (Å²) in [6, 6.07) is 5.33. The fourth-order valence-corrected chi connectivity index (χ4v) is 4.16. The Morgan fingerprint density at radius 1 is 0.417 bits per heavy atom. The minimum atomic E-state index is -2.46. The molecule has 4 aromatic carbocycles. The number of nitrogens with zero attached hydrogens (tertiary/aromatic N) is 1. The van der Waals surface area contributed by atoms with Gasteiger partial charge in [-0.3, -0.25) is 0 Å². The third-order valence-corrected chi connectivity index (χ3v) is 5.60. The molecule has 1 nitrogen and oxygen atoms in total. The van der Waals surface area contributed by atoms with Crippen molar-refractivity contribution in [2.75, 3.05) is 0 Å². The zero-order chi connectivity index (χ0) is 26.0. The first-order chi connectivity index (χ1) is 17.0. The van der Waals surface area contributed by atoms with E-state index in [1.54, 1.807) is 0 Å². The molecule has 0 amide bonds. The largest absolute Gasteiger partial charge is 0.283 e. The normalized spacial score (nSPS) is 11.6. The van der Waals surface area contributed by atoms with Gasteiger partial charge >= 0.3 is 0 Å². The van der Waals surface area contributed by atoms with Gasteiger partial charge in [0, 0.05) is 29.8 Å². The quantitative estimate of drug-likeness (QED) is 0.0767. The van der Waals surface area contributed by atoms with E-state index >= 15 is 0 Å². The Balaban J connectivity index is 2.11. The van der Waals surface area contributed by atoms with Crippen molar-refractivity contribution in [1.29, 1.82) is 0 Å². The summed E-state index contributed by atoms with van der Waals surface area (Å²) in [5.41, 5.74) is -4.01. The molecule has 11 heteroatoms. The summed E-state index contributed by atoms with van der Waals surface area (Å²) in [4.78, 5) is 0. The van der Waals surface area contributed by atoms with Crippen LogP contribution in [0.1, 0.15) is 0 Å². The van der Waals surface area contributed by atoms with Crippen LogP contribution in [0.25, 0.3) is 38.6 Å². The highest BCUT2D eigenvalue weighted by Gasteiger charge is 2.34. The summed E-state index contributed by atoms with van der Waals surface area (Å²) in [6.07, 6.45) is 0. The first-order valence-electron chi connectivity index (χ1n) is 9.94. The van der Waals surface area contributed by atoms with E-state index in [1.807, 2.05) is 0 Å². The number of pyridine rings is 1. The van der Waals surface area contributed by atoms with Gasteiger partial charge < -0.3 is 0 Å². The Morgan fingerprint density at radius 3 is 1.28 bits per heavy atom. The molecule has 0 fully saturated rings. The lowest BCUT2D eigenvalue weighted by molar-refractivity contribution is -0.542. The van der Waals surface area contributed by atoms with Crippen molar-refractivity contribution in [3.05, 3.63) is 107 Å². The number of fused-ring (bicyclic) bond motifs is 2. The van der Waals surface area contributed by atoms with Crippen LogP contribution in [-0.4, -0.2) is 0 Å². The second kappa shape index (κ2) is 8.21. The molecule has 5 aromatic rings. The highest BCUT2D eigenvalue weighted by atomic mass is 19.2. The topological polar surface area (TPSA) is 3.88 Å². The predicted molar refractivity (Wildman–Crippen MR) is 108 cm³/mol. The molecule has 0 atom stereocenters. The minimum absolute atomic E-state index is 0.327. The summed E-state index contributed by atoms with van der Waals surface area (Å²) >= 11 is 0. The van der Waals surface area contributed by atoms with Crippen LogP contribution in [0.2, 0.25) is 0 Å². The average Bonchev–Trinajstić information content (AvgIpc) is 2.82. The van der Waals surface area contributed by atoms with E-state index in [0.717, 1.165) is 28.8 Å². The second-order valence-electron chi connectivity index (χ2n) is 7.70. The SMILES string of the molecule is Fc1cc(F)c(-[n+]2c3ccc(F)cc3c(-c3c(F)c(F)c(F)c(F)c3F)c3cc(F)ccc32)c(F)c1. The predicted octanol–water partition coefficient (Wildman–Crippen LogP) is 7.33. The number of aromatic nitrogens is 1. The Kier molecular flexibility index (Phi) is 5.38. The Bertz CT molecular complexity index is 1630. The van der Waals surface area contributed by atoms with Crippen molar-refractivity contribution in [2.24, 2.45) is 0 Å². The van der Waals surface area contributed by atoms with E-state index in [1.165, 1.54) is 0 Å². The first kappa shape index (κ1) is 23.6. The molecular weight excluding hydrogens is 504 g/mol. The van der Waals surface area contributed by atoms with E-state index in [9.17, 15) is 43.9 Å². The molecule has 1 heterocycles. The molecule has 0 aliphatic rings. The van der Waals surface area contributed by atoms with Crippen molar-refractivity contribution in [3.63, 3.8) is 0 Å². The standard InChI is InChI=1S/C25H8F10N/c26-9-1-3-16-12(5-9)18(19-20(31)22(33)24(35)23(34)21(19)32)13-6-10(27)2-4-17(13)36(16)25-14(29)7-11(28)8-15(25)30/h1-8H/q+1. The second-order valence-corrected chi connectivity index (χ2v) is 7.70. The van der Waals surface area contributed by atoms with Gasteiger partial charge in [-0.25, -0.2) is 35.1 Å². The molecule has 1 aromatic heterocycles. The van der Waals surface area contributed by atoms with E-state index in [2.05, 4.69) is 0 Å². The molecule has 36 heavy (non-hydrogen) atoms. The summed E-state index contributed by atoms with van der Waals surface area (Å²) in [6.45, 7) is 0. The number of hydrogen-bond donors (Lipinski definition) is 0. The number of hydrogen-bond acceptors (Lipinski definition) is 0. The fraction of sp³-hybridized carbons (Fsp3) is 0. The highest BCUT2D eigenvalue weighted by molar-refractivity contribution is 6.07. The molecule has 0 bridgehead atoms. The third kappa shape index (κ3) is 3.37. The van der Waals surface area contributed by atoms with Gasteiger partial charge in [-0.05, 0) is 24.3 Å². The zero-order valence-electron chi connectivity index (χ0n) is 17.3. The van der Waals surface area contributed by atoms with Crippen LogP contribution >= 0.6 is 0 Å². The van der Waals surface area contributed by atoms with E-state index in [-0.39, 0.29) is 11.0 Å². The highest BCUT2D eigenvalue weighted by Crippen LogP contribution is 2.40. The summed E-state index contributed by atoms with van der Waals surface area (Å²) in [7, 11) is 0. The minimum Gasteiger partial charge on any atom is -0.207 e. The van der Waals surface area contributed by atoms with Crippen LogP contribution in [0.15, 0.2) is 48.5 Å². The van der Waals surface area contributed by atoms with Gasteiger partial charge in [-0.15, -0.1) is 4.57 Å². The molecule has 5 rings (SSSR count). The smallest absolute Gasteiger partial charge is 0.207 e. The Hall–Kier alpha value is -4.15. The van der Waals surface area contributed by atoms with E-state index in [4.69, 9.17) is 0 Å². The van der Waals surface area contributed by atoms with Gasteiger partial charge in [0.1, 0.15) is 17.5 Å². The Morgan fingerprint density at radius 2 is 0.833 bits per heavy atom. The number of rotatable bonds is 2. The molecule has 0 unspecified atom stereocenters.